The molecule has 110 valence electrons. The number of hydrogen-bond acceptors (Lipinski definition) is 3. The second-order valence-corrected chi connectivity index (χ2v) is 4.70. The van der Waals surface area contributed by atoms with Crippen LogP contribution in [0, 0.1) is 5.41 Å². The molecule has 20 heavy (non-hydrogen) atoms. The average molecular weight is 290 g/mol. The van der Waals surface area contributed by atoms with E-state index in [1.54, 1.807) is 24.3 Å². The first-order valence-corrected chi connectivity index (χ1v) is 5.97. The van der Waals surface area contributed by atoms with Crippen LogP contribution >= 0.6 is 0 Å². The van der Waals surface area contributed by atoms with Gasteiger partial charge in [-0.2, -0.15) is 0 Å². The minimum Gasteiger partial charge on any atom is -0.492 e. The van der Waals surface area contributed by atoms with Crippen molar-refractivity contribution in [1.82, 2.24) is 0 Å². The minimum atomic E-state index is -4.76. The summed E-state index contributed by atoms with van der Waals surface area (Å²) in [6.07, 6.45) is -4.90. The topological polar surface area (TPSA) is 55.8 Å². The summed E-state index contributed by atoms with van der Waals surface area (Å²) in [5, 5.41) is 9.33. The minimum absolute atomic E-state index is 0.125. The molecule has 0 saturated heterocycles. The average Bonchev–Trinajstić information content (AvgIpc) is 2.37. The Kier molecular flexibility index (Phi) is 3.89. The first kappa shape index (κ1) is 14.6. The van der Waals surface area contributed by atoms with E-state index in [1.165, 1.54) is 0 Å². The molecule has 0 spiro atoms. The van der Waals surface area contributed by atoms with Crippen LogP contribution in [0.1, 0.15) is 12.0 Å². The summed E-state index contributed by atoms with van der Waals surface area (Å²) in [5.41, 5.74) is -0.715. The Morgan fingerprint density at radius 3 is 2.75 bits per heavy atom. The van der Waals surface area contributed by atoms with Crippen molar-refractivity contribution in [2.45, 2.75) is 19.2 Å². The van der Waals surface area contributed by atoms with Gasteiger partial charge in [-0.15, -0.1) is 13.2 Å². The summed E-state index contributed by atoms with van der Waals surface area (Å²) in [4.78, 5) is 11.4. The molecule has 1 heterocycles. The molecule has 2 rings (SSSR count). The molecule has 0 saturated carbocycles. The Morgan fingerprint density at radius 2 is 2.10 bits per heavy atom. The Bertz CT molecular complexity index is 501. The van der Waals surface area contributed by atoms with Crippen LogP contribution in [0.2, 0.25) is 0 Å². The molecule has 0 amide bonds. The van der Waals surface area contributed by atoms with Gasteiger partial charge in [-0.25, -0.2) is 0 Å². The predicted molar refractivity (Wildman–Crippen MR) is 62.3 cm³/mol. The molecule has 0 aliphatic carbocycles. The van der Waals surface area contributed by atoms with Gasteiger partial charge in [-0.3, -0.25) is 9.53 Å². The molecular formula is C13H13F3O4. The fourth-order valence-corrected chi connectivity index (χ4v) is 2.19. The molecular weight excluding hydrogens is 277 g/mol. The van der Waals surface area contributed by atoms with Crippen molar-refractivity contribution in [3.8, 4) is 5.75 Å². The molecule has 1 N–H and O–H groups in total. The highest BCUT2D eigenvalue weighted by Crippen LogP contribution is 2.37. The molecule has 0 radical (unpaired) electrons. The SMILES string of the molecule is O=C(O)C1(CCOC(F)(F)F)COc2ccccc2C1. The van der Waals surface area contributed by atoms with Crippen molar-refractivity contribution in [3.63, 3.8) is 0 Å². The van der Waals surface area contributed by atoms with Gasteiger partial charge in [0.15, 0.2) is 0 Å². The van der Waals surface area contributed by atoms with Crippen molar-refractivity contribution < 1.29 is 32.5 Å². The largest absolute Gasteiger partial charge is 0.522 e. The third kappa shape index (κ3) is 3.22. The van der Waals surface area contributed by atoms with Crippen LogP contribution in [0.4, 0.5) is 13.2 Å². The van der Waals surface area contributed by atoms with Gasteiger partial charge in [0.2, 0.25) is 0 Å². The number of alkyl halides is 3. The van der Waals surface area contributed by atoms with Crippen molar-refractivity contribution in [1.29, 1.82) is 0 Å². The summed E-state index contributed by atoms with van der Waals surface area (Å²) in [5.74, 6) is -0.612. The van der Waals surface area contributed by atoms with Crippen LogP contribution in [-0.2, 0) is 16.0 Å². The lowest BCUT2D eigenvalue weighted by Crippen LogP contribution is -2.43. The second-order valence-electron chi connectivity index (χ2n) is 4.70. The molecule has 1 aliphatic heterocycles. The number of para-hydroxylation sites is 1. The number of rotatable bonds is 4. The Labute approximate surface area is 113 Å². The van der Waals surface area contributed by atoms with Crippen molar-refractivity contribution >= 4 is 5.97 Å². The monoisotopic (exact) mass is 290 g/mol. The molecule has 1 aromatic rings. The lowest BCUT2D eigenvalue weighted by molar-refractivity contribution is -0.326. The number of fused-ring (bicyclic) bond motifs is 1. The molecule has 0 aromatic heterocycles. The summed E-state index contributed by atoms with van der Waals surface area (Å²) >= 11 is 0. The van der Waals surface area contributed by atoms with Crippen molar-refractivity contribution in [2.24, 2.45) is 5.41 Å². The quantitative estimate of drug-likeness (QED) is 0.926. The van der Waals surface area contributed by atoms with Crippen LogP contribution in [0.3, 0.4) is 0 Å². The summed E-state index contributed by atoms with van der Waals surface area (Å²) in [6.45, 7) is -0.873. The molecule has 1 aromatic carbocycles. The van der Waals surface area contributed by atoms with Gasteiger partial charge >= 0.3 is 12.3 Å². The van der Waals surface area contributed by atoms with Crippen LogP contribution in [-0.4, -0.2) is 30.7 Å². The van der Waals surface area contributed by atoms with Gasteiger partial charge in [0.1, 0.15) is 17.8 Å². The molecule has 1 unspecified atom stereocenters. The van der Waals surface area contributed by atoms with Crippen LogP contribution < -0.4 is 4.74 Å². The van der Waals surface area contributed by atoms with E-state index in [9.17, 15) is 23.1 Å². The molecule has 0 bridgehead atoms. The van der Waals surface area contributed by atoms with Gasteiger partial charge in [0.05, 0.1) is 6.61 Å². The van der Waals surface area contributed by atoms with Gasteiger partial charge in [0, 0.05) is 0 Å². The molecule has 1 atom stereocenters. The standard InChI is InChI=1S/C13H13F3O4/c14-13(15,16)20-6-5-12(11(17)18)7-9-3-1-2-4-10(9)19-8-12/h1-4H,5-8H2,(H,17,18). The number of halogens is 3. The van der Waals surface area contributed by atoms with E-state index in [2.05, 4.69) is 4.74 Å². The summed E-state index contributed by atoms with van der Waals surface area (Å²) in [7, 11) is 0. The highest BCUT2D eigenvalue weighted by atomic mass is 19.4. The maximum atomic E-state index is 12.0. The first-order valence-electron chi connectivity index (χ1n) is 5.97. The molecule has 7 heteroatoms. The van der Waals surface area contributed by atoms with Crippen LogP contribution in [0.5, 0.6) is 5.75 Å². The summed E-state index contributed by atoms with van der Waals surface area (Å²) < 4.78 is 45.0. The zero-order chi connectivity index (χ0) is 14.8. The van der Waals surface area contributed by atoms with Crippen molar-refractivity contribution in [2.75, 3.05) is 13.2 Å². The second kappa shape index (κ2) is 5.32. The predicted octanol–water partition coefficient (Wildman–Crippen LogP) is 2.62. The van der Waals surface area contributed by atoms with E-state index < -0.39 is 24.4 Å². The smallest absolute Gasteiger partial charge is 0.492 e. The highest BCUT2D eigenvalue weighted by Gasteiger charge is 2.43. The number of ether oxygens (including phenoxy) is 2. The van der Waals surface area contributed by atoms with Crippen molar-refractivity contribution in [3.05, 3.63) is 29.8 Å². The number of hydrogen-bond donors (Lipinski definition) is 1. The normalized spacial score (nSPS) is 21.9. The third-order valence-electron chi connectivity index (χ3n) is 3.31. The van der Waals surface area contributed by atoms with E-state index in [0.717, 1.165) is 0 Å². The zero-order valence-corrected chi connectivity index (χ0v) is 10.4. The van der Waals surface area contributed by atoms with Gasteiger partial charge < -0.3 is 9.84 Å². The number of carboxylic acids is 1. The maximum Gasteiger partial charge on any atom is 0.522 e. The third-order valence-corrected chi connectivity index (χ3v) is 3.31. The number of carboxylic acid groups (broad SMARTS) is 1. The van der Waals surface area contributed by atoms with E-state index in [1.807, 2.05) is 0 Å². The van der Waals surface area contributed by atoms with E-state index >= 15 is 0 Å². The van der Waals surface area contributed by atoms with E-state index in [4.69, 9.17) is 4.74 Å². The van der Waals surface area contributed by atoms with Crippen LogP contribution in [0.25, 0.3) is 0 Å². The molecule has 1 aliphatic rings. The van der Waals surface area contributed by atoms with Crippen LogP contribution in [0.15, 0.2) is 24.3 Å². The summed E-state index contributed by atoms with van der Waals surface area (Å²) in [6, 6.07) is 6.88. The fraction of sp³-hybridized carbons (Fsp3) is 0.462. The Balaban J connectivity index is 2.11. The van der Waals surface area contributed by atoms with E-state index in [0.29, 0.717) is 11.3 Å². The Morgan fingerprint density at radius 1 is 1.40 bits per heavy atom. The number of aliphatic carboxylic acids is 1. The molecule has 0 fully saturated rings. The lowest BCUT2D eigenvalue weighted by atomic mass is 9.78. The number of carbonyl (C=O) groups is 1. The van der Waals surface area contributed by atoms with Gasteiger partial charge in [0.25, 0.3) is 0 Å². The maximum absolute atomic E-state index is 12.0. The Hall–Kier alpha value is -1.76. The highest BCUT2D eigenvalue weighted by molar-refractivity contribution is 5.76. The molecule has 4 nitrogen and oxygen atoms in total. The van der Waals surface area contributed by atoms with Gasteiger partial charge in [-0.1, -0.05) is 18.2 Å². The van der Waals surface area contributed by atoms with Gasteiger partial charge in [-0.05, 0) is 24.5 Å². The fourth-order valence-electron chi connectivity index (χ4n) is 2.19. The van der Waals surface area contributed by atoms with E-state index in [-0.39, 0.29) is 19.4 Å². The first-order chi connectivity index (χ1) is 9.32. The number of benzene rings is 1. The zero-order valence-electron chi connectivity index (χ0n) is 10.4. The lowest BCUT2D eigenvalue weighted by Gasteiger charge is -2.34.